The molecule has 0 radical (unpaired) electrons. The third-order valence-corrected chi connectivity index (χ3v) is 3.19. The molecule has 0 heterocycles. The number of aryl methyl sites for hydroxylation is 1. The van der Waals surface area contributed by atoms with Crippen molar-refractivity contribution in [1.29, 1.82) is 5.26 Å². The molecule has 0 fully saturated rings. The van der Waals surface area contributed by atoms with Crippen LogP contribution in [-0.4, -0.2) is 30.1 Å². The first kappa shape index (κ1) is 15.5. The minimum Gasteiger partial charge on any atom is -0.491 e. The molecule has 0 aliphatic rings. The molecule has 0 saturated carbocycles. The van der Waals surface area contributed by atoms with Gasteiger partial charge in [-0.3, -0.25) is 4.90 Å². The third-order valence-electron chi connectivity index (χ3n) is 3.19. The Balaban J connectivity index is 2.60. The van der Waals surface area contributed by atoms with Gasteiger partial charge >= 0.3 is 0 Å². The summed E-state index contributed by atoms with van der Waals surface area (Å²) in [5.41, 5.74) is 1.69. The van der Waals surface area contributed by atoms with E-state index in [0.29, 0.717) is 30.0 Å². The summed E-state index contributed by atoms with van der Waals surface area (Å²) < 4.78 is 5.75. The van der Waals surface area contributed by atoms with Crippen LogP contribution in [0.2, 0.25) is 0 Å². The molecule has 0 aliphatic carbocycles. The summed E-state index contributed by atoms with van der Waals surface area (Å²) in [5.74, 6) is 0.681. The highest BCUT2D eigenvalue weighted by Gasteiger charge is 2.13. The van der Waals surface area contributed by atoms with E-state index in [9.17, 15) is 0 Å². The molecule has 0 bridgehead atoms. The Morgan fingerprint density at radius 1 is 1.21 bits per heavy atom. The molecule has 1 aromatic carbocycles. The summed E-state index contributed by atoms with van der Waals surface area (Å²) >= 11 is 0. The van der Waals surface area contributed by atoms with Gasteiger partial charge in [-0.2, -0.15) is 5.26 Å². The zero-order valence-corrected chi connectivity index (χ0v) is 12.6. The fraction of sp³-hybridized carbons (Fsp3) is 0.562. The van der Waals surface area contributed by atoms with Crippen molar-refractivity contribution in [3.05, 3.63) is 29.3 Å². The second-order valence-electron chi connectivity index (χ2n) is 5.39. The molecule has 0 saturated heterocycles. The van der Waals surface area contributed by atoms with Crippen LogP contribution in [0.1, 0.15) is 38.8 Å². The zero-order chi connectivity index (χ0) is 14.4. The smallest absolute Gasteiger partial charge is 0.137 e. The lowest BCUT2D eigenvalue weighted by Gasteiger charge is -2.30. The van der Waals surface area contributed by atoms with E-state index < -0.39 is 0 Å². The molecule has 0 aliphatic heterocycles. The van der Waals surface area contributed by atoms with E-state index in [2.05, 4.69) is 38.7 Å². The molecule has 19 heavy (non-hydrogen) atoms. The highest BCUT2D eigenvalue weighted by atomic mass is 16.5. The summed E-state index contributed by atoms with van der Waals surface area (Å²) in [6.07, 6.45) is 0. The maximum atomic E-state index is 9.09. The molecule has 0 amide bonds. The van der Waals surface area contributed by atoms with Crippen LogP contribution in [0.5, 0.6) is 5.75 Å². The van der Waals surface area contributed by atoms with Crippen LogP contribution < -0.4 is 4.74 Å². The van der Waals surface area contributed by atoms with Gasteiger partial charge < -0.3 is 4.74 Å². The van der Waals surface area contributed by atoms with Crippen molar-refractivity contribution in [1.82, 2.24) is 4.90 Å². The van der Waals surface area contributed by atoms with Crippen LogP contribution in [0, 0.1) is 18.3 Å². The van der Waals surface area contributed by atoms with E-state index >= 15 is 0 Å². The molecular formula is C16H24N2O. The molecule has 0 unspecified atom stereocenters. The first-order chi connectivity index (χ1) is 8.95. The Morgan fingerprint density at radius 2 is 1.84 bits per heavy atom. The van der Waals surface area contributed by atoms with Crippen LogP contribution in [0.15, 0.2) is 18.2 Å². The van der Waals surface area contributed by atoms with Crippen LogP contribution in [0.3, 0.4) is 0 Å². The van der Waals surface area contributed by atoms with Crippen molar-refractivity contribution in [3.63, 3.8) is 0 Å². The predicted molar refractivity (Wildman–Crippen MR) is 78.4 cm³/mol. The first-order valence-corrected chi connectivity index (χ1v) is 6.85. The average Bonchev–Trinajstić information content (AvgIpc) is 2.34. The van der Waals surface area contributed by atoms with Crippen LogP contribution in [-0.2, 0) is 0 Å². The standard InChI is InChI=1S/C16H24N2O/c1-12(2)18(13(3)4)8-9-19-16-7-6-14(5)10-15(16)11-17/h6-7,10,12-13H,8-9H2,1-5H3. The van der Waals surface area contributed by atoms with Gasteiger partial charge in [-0.1, -0.05) is 6.07 Å². The number of nitriles is 1. The molecule has 104 valence electrons. The van der Waals surface area contributed by atoms with Gasteiger partial charge in [0.05, 0.1) is 5.56 Å². The molecule has 1 aromatic rings. The summed E-state index contributed by atoms with van der Waals surface area (Å²) in [6.45, 7) is 12.2. The predicted octanol–water partition coefficient (Wildman–Crippen LogP) is 3.36. The molecule has 0 aromatic heterocycles. The Bertz CT molecular complexity index is 439. The van der Waals surface area contributed by atoms with Gasteiger partial charge in [0, 0.05) is 18.6 Å². The maximum absolute atomic E-state index is 9.09. The summed E-state index contributed by atoms with van der Waals surface area (Å²) in [6, 6.07) is 8.88. The van der Waals surface area contributed by atoms with Gasteiger partial charge in [0.2, 0.25) is 0 Å². The SMILES string of the molecule is Cc1ccc(OCCN(C(C)C)C(C)C)c(C#N)c1. The van der Waals surface area contributed by atoms with Crippen molar-refractivity contribution >= 4 is 0 Å². The van der Waals surface area contributed by atoms with E-state index in [-0.39, 0.29) is 0 Å². The minimum atomic E-state index is 0.497. The molecule has 0 N–H and O–H groups in total. The fourth-order valence-electron chi connectivity index (χ4n) is 2.23. The van der Waals surface area contributed by atoms with E-state index in [1.807, 2.05) is 25.1 Å². The van der Waals surface area contributed by atoms with E-state index in [1.54, 1.807) is 0 Å². The summed E-state index contributed by atoms with van der Waals surface area (Å²) in [4.78, 5) is 2.38. The second-order valence-corrected chi connectivity index (χ2v) is 5.39. The summed E-state index contributed by atoms with van der Waals surface area (Å²) in [7, 11) is 0. The molecule has 3 heteroatoms. The van der Waals surface area contributed by atoms with Gasteiger partial charge in [0.25, 0.3) is 0 Å². The van der Waals surface area contributed by atoms with Gasteiger partial charge in [-0.15, -0.1) is 0 Å². The number of hydrogen-bond acceptors (Lipinski definition) is 3. The Hall–Kier alpha value is -1.53. The Kier molecular flexibility index (Phi) is 5.85. The van der Waals surface area contributed by atoms with Crippen LogP contribution in [0.4, 0.5) is 0 Å². The average molecular weight is 260 g/mol. The maximum Gasteiger partial charge on any atom is 0.137 e. The lowest BCUT2D eigenvalue weighted by molar-refractivity contribution is 0.142. The number of rotatable bonds is 6. The normalized spacial score (nSPS) is 11.1. The topological polar surface area (TPSA) is 36.3 Å². The van der Waals surface area contributed by atoms with Crippen LogP contribution >= 0.6 is 0 Å². The van der Waals surface area contributed by atoms with Crippen molar-refractivity contribution < 1.29 is 4.74 Å². The molecular weight excluding hydrogens is 236 g/mol. The van der Waals surface area contributed by atoms with Crippen molar-refractivity contribution in [2.45, 2.75) is 46.7 Å². The van der Waals surface area contributed by atoms with Gasteiger partial charge in [0.1, 0.15) is 18.4 Å². The van der Waals surface area contributed by atoms with Crippen molar-refractivity contribution in [2.24, 2.45) is 0 Å². The van der Waals surface area contributed by atoms with Gasteiger partial charge in [-0.25, -0.2) is 0 Å². The second kappa shape index (κ2) is 7.16. The van der Waals surface area contributed by atoms with E-state index in [0.717, 1.165) is 12.1 Å². The molecule has 1 rings (SSSR count). The van der Waals surface area contributed by atoms with E-state index in [4.69, 9.17) is 10.00 Å². The number of nitrogens with zero attached hydrogens (tertiary/aromatic N) is 2. The molecule has 3 nitrogen and oxygen atoms in total. The largest absolute Gasteiger partial charge is 0.491 e. The highest BCUT2D eigenvalue weighted by molar-refractivity contribution is 5.45. The van der Waals surface area contributed by atoms with Gasteiger partial charge in [0.15, 0.2) is 0 Å². The Labute approximate surface area is 116 Å². The summed E-state index contributed by atoms with van der Waals surface area (Å²) in [5, 5.41) is 9.09. The van der Waals surface area contributed by atoms with Gasteiger partial charge in [-0.05, 0) is 52.3 Å². The molecule has 0 atom stereocenters. The number of benzene rings is 1. The van der Waals surface area contributed by atoms with E-state index in [1.165, 1.54) is 0 Å². The molecule has 0 spiro atoms. The zero-order valence-electron chi connectivity index (χ0n) is 12.6. The third kappa shape index (κ3) is 4.57. The minimum absolute atomic E-state index is 0.497. The monoisotopic (exact) mass is 260 g/mol. The Morgan fingerprint density at radius 3 is 2.37 bits per heavy atom. The number of ether oxygens (including phenoxy) is 1. The quantitative estimate of drug-likeness (QED) is 0.787. The first-order valence-electron chi connectivity index (χ1n) is 6.85. The lowest BCUT2D eigenvalue weighted by atomic mass is 10.1. The lowest BCUT2D eigenvalue weighted by Crippen LogP contribution is -2.39. The highest BCUT2D eigenvalue weighted by Crippen LogP contribution is 2.19. The number of hydrogen-bond donors (Lipinski definition) is 0. The van der Waals surface area contributed by atoms with Crippen LogP contribution in [0.25, 0.3) is 0 Å². The van der Waals surface area contributed by atoms with Crippen molar-refractivity contribution in [2.75, 3.05) is 13.2 Å². The van der Waals surface area contributed by atoms with Crippen molar-refractivity contribution in [3.8, 4) is 11.8 Å². The fourth-order valence-corrected chi connectivity index (χ4v) is 2.23.